The fourth-order valence-corrected chi connectivity index (χ4v) is 3.26. The molecule has 0 spiro atoms. The summed E-state index contributed by atoms with van der Waals surface area (Å²) in [6, 6.07) is 12.5. The van der Waals surface area contributed by atoms with Crippen molar-refractivity contribution in [3.63, 3.8) is 0 Å². The lowest BCUT2D eigenvalue weighted by atomic mass is 9.97. The summed E-state index contributed by atoms with van der Waals surface area (Å²) in [5.74, 6) is -0.280. The van der Waals surface area contributed by atoms with Gasteiger partial charge in [0.1, 0.15) is 5.82 Å². The Morgan fingerprint density at radius 1 is 1.27 bits per heavy atom. The maximum Gasteiger partial charge on any atom is 0.251 e. The quantitative estimate of drug-likeness (QED) is 0.917. The molecule has 3 rings (SSSR count). The van der Waals surface area contributed by atoms with Gasteiger partial charge in [-0.2, -0.15) is 0 Å². The Balaban J connectivity index is 1.75. The van der Waals surface area contributed by atoms with Crippen molar-refractivity contribution in [3.8, 4) is 0 Å². The van der Waals surface area contributed by atoms with Gasteiger partial charge in [0.05, 0.1) is 0 Å². The van der Waals surface area contributed by atoms with E-state index in [-0.39, 0.29) is 23.7 Å². The molecule has 0 bridgehead atoms. The number of carbonyl (C=O) groups excluding carboxylic acids is 2. The molecule has 1 heterocycles. The SMILES string of the molecule is Cc1ccc(Cc2ccccc2C(=O)NC2CCC(=O)N(C)C2)cc1F. The summed E-state index contributed by atoms with van der Waals surface area (Å²) in [5, 5.41) is 3.03. The number of hydrogen-bond donors (Lipinski definition) is 1. The van der Waals surface area contributed by atoms with Crippen LogP contribution in [0.25, 0.3) is 0 Å². The second-order valence-corrected chi connectivity index (χ2v) is 6.90. The van der Waals surface area contributed by atoms with Gasteiger partial charge in [-0.3, -0.25) is 9.59 Å². The summed E-state index contributed by atoms with van der Waals surface area (Å²) >= 11 is 0. The van der Waals surface area contributed by atoms with E-state index < -0.39 is 0 Å². The summed E-state index contributed by atoms with van der Waals surface area (Å²) in [6.45, 7) is 2.25. The number of nitrogens with zero attached hydrogens (tertiary/aromatic N) is 1. The molecule has 2 aromatic rings. The number of piperidine rings is 1. The van der Waals surface area contributed by atoms with Gasteiger partial charge in [-0.1, -0.05) is 30.3 Å². The number of carbonyl (C=O) groups is 2. The van der Waals surface area contributed by atoms with E-state index in [2.05, 4.69) is 5.32 Å². The average Bonchev–Trinajstić information content (AvgIpc) is 2.62. The zero-order valence-electron chi connectivity index (χ0n) is 15.1. The first-order valence-electron chi connectivity index (χ1n) is 8.82. The first-order valence-corrected chi connectivity index (χ1v) is 8.82. The van der Waals surface area contributed by atoms with Crippen molar-refractivity contribution in [2.24, 2.45) is 0 Å². The zero-order chi connectivity index (χ0) is 18.7. The van der Waals surface area contributed by atoms with E-state index in [9.17, 15) is 14.0 Å². The third-order valence-electron chi connectivity index (χ3n) is 4.85. The number of likely N-dealkylation sites (N-methyl/N-ethyl adjacent to an activating group) is 1. The maximum atomic E-state index is 13.8. The monoisotopic (exact) mass is 354 g/mol. The number of halogens is 1. The lowest BCUT2D eigenvalue weighted by molar-refractivity contribution is -0.132. The largest absolute Gasteiger partial charge is 0.348 e. The number of benzene rings is 2. The molecule has 0 aromatic heterocycles. The average molecular weight is 354 g/mol. The van der Waals surface area contributed by atoms with E-state index in [1.165, 1.54) is 6.07 Å². The van der Waals surface area contributed by atoms with E-state index in [4.69, 9.17) is 0 Å². The van der Waals surface area contributed by atoms with Gasteiger partial charge < -0.3 is 10.2 Å². The van der Waals surface area contributed by atoms with E-state index in [1.54, 1.807) is 31.0 Å². The smallest absolute Gasteiger partial charge is 0.251 e. The standard InChI is InChI=1S/C21H23FN2O2/c1-14-7-8-15(12-19(14)22)11-16-5-3-4-6-18(16)21(26)23-17-9-10-20(25)24(2)13-17/h3-8,12,17H,9-11,13H2,1-2H3,(H,23,26). The van der Waals surface area contributed by atoms with Crippen LogP contribution in [-0.2, 0) is 11.2 Å². The van der Waals surface area contributed by atoms with Gasteiger partial charge in [0, 0.05) is 31.6 Å². The molecule has 1 aliphatic heterocycles. The Morgan fingerprint density at radius 2 is 2.04 bits per heavy atom. The highest BCUT2D eigenvalue weighted by molar-refractivity contribution is 5.96. The van der Waals surface area contributed by atoms with E-state index in [0.717, 1.165) is 11.1 Å². The Morgan fingerprint density at radius 3 is 2.77 bits per heavy atom. The van der Waals surface area contributed by atoms with Gasteiger partial charge in [-0.05, 0) is 48.6 Å². The number of nitrogens with one attached hydrogen (secondary N) is 1. The summed E-state index contributed by atoms with van der Waals surface area (Å²) in [7, 11) is 1.75. The molecule has 26 heavy (non-hydrogen) atoms. The van der Waals surface area contributed by atoms with Crippen LogP contribution in [0.2, 0.25) is 0 Å². The summed E-state index contributed by atoms with van der Waals surface area (Å²) < 4.78 is 13.8. The van der Waals surface area contributed by atoms with E-state index in [0.29, 0.717) is 36.9 Å². The van der Waals surface area contributed by atoms with Gasteiger partial charge >= 0.3 is 0 Å². The van der Waals surface area contributed by atoms with Crippen molar-refractivity contribution in [1.29, 1.82) is 0 Å². The fraction of sp³-hybridized carbons (Fsp3) is 0.333. The van der Waals surface area contributed by atoms with Gasteiger partial charge in [0.15, 0.2) is 0 Å². The topological polar surface area (TPSA) is 49.4 Å². The molecule has 2 aromatic carbocycles. The molecule has 1 N–H and O–H groups in total. The minimum Gasteiger partial charge on any atom is -0.348 e. The highest BCUT2D eigenvalue weighted by Crippen LogP contribution is 2.18. The normalized spacial score (nSPS) is 17.3. The Kier molecular flexibility index (Phi) is 5.35. The Hall–Kier alpha value is -2.69. The third kappa shape index (κ3) is 4.10. The lowest BCUT2D eigenvalue weighted by Crippen LogP contribution is -2.48. The van der Waals surface area contributed by atoms with Gasteiger partial charge in [-0.25, -0.2) is 4.39 Å². The van der Waals surface area contributed by atoms with Crippen molar-refractivity contribution >= 4 is 11.8 Å². The molecule has 0 saturated carbocycles. The molecule has 0 aliphatic carbocycles. The molecular formula is C21H23FN2O2. The van der Waals surface area contributed by atoms with Crippen LogP contribution in [0.3, 0.4) is 0 Å². The van der Waals surface area contributed by atoms with Crippen molar-refractivity contribution in [3.05, 3.63) is 70.5 Å². The highest BCUT2D eigenvalue weighted by atomic mass is 19.1. The minimum atomic E-state index is -0.237. The second-order valence-electron chi connectivity index (χ2n) is 6.90. The molecule has 1 saturated heterocycles. The third-order valence-corrected chi connectivity index (χ3v) is 4.85. The van der Waals surface area contributed by atoms with E-state index >= 15 is 0 Å². The molecule has 1 atom stereocenters. The van der Waals surface area contributed by atoms with Crippen LogP contribution >= 0.6 is 0 Å². The van der Waals surface area contributed by atoms with Crippen LogP contribution in [0.5, 0.6) is 0 Å². The molecule has 5 heteroatoms. The molecular weight excluding hydrogens is 331 g/mol. The van der Waals surface area contributed by atoms with Crippen LogP contribution in [0.1, 0.15) is 39.9 Å². The maximum absolute atomic E-state index is 13.8. The molecule has 0 radical (unpaired) electrons. The Bertz CT molecular complexity index is 835. The molecule has 2 amide bonds. The molecule has 136 valence electrons. The molecule has 1 fully saturated rings. The van der Waals surface area contributed by atoms with Crippen LogP contribution in [0, 0.1) is 12.7 Å². The molecule has 1 unspecified atom stereocenters. The summed E-state index contributed by atoms with van der Waals surface area (Å²) in [4.78, 5) is 26.0. The van der Waals surface area contributed by atoms with Crippen molar-refractivity contribution in [1.82, 2.24) is 10.2 Å². The highest BCUT2D eigenvalue weighted by Gasteiger charge is 2.25. The number of amides is 2. The number of likely N-dealkylation sites (tertiary alicyclic amines) is 1. The van der Waals surface area contributed by atoms with Crippen LogP contribution in [0.15, 0.2) is 42.5 Å². The molecule has 4 nitrogen and oxygen atoms in total. The predicted octanol–water partition coefficient (Wildman–Crippen LogP) is 3.08. The number of aryl methyl sites for hydroxylation is 1. The van der Waals surface area contributed by atoms with Gasteiger partial charge in [0.25, 0.3) is 5.91 Å². The lowest BCUT2D eigenvalue weighted by Gasteiger charge is -2.30. The van der Waals surface area contributed by atoms with Crippen molar-refractivity contribution in [2.45, 2.75) is 32.2 Å². The second kappa shape index (κ2) is 7.68. The van der Waals surface area contributed by atoms with Crippen LogP contribution in [-0.4, -0.2) is 36.3 Å². The van der Waals surface area contributed by atoms with Crippen LogP contribution < -0.4 is 5.32 Å². The van der Waals surface area contributed by atoms with Gasteiger partial charge in [0.2, 0.25) is 5.91 Å². The number of hydrogen-bond acceptors (Lipinski definition) is 2. The summed E-state index contributed by atoms with van der Waals surface area (Å²) in [6.07, 6.45) is 1.59. The Labute approximate surface area is 153 Å². The van der Waals surface area contributed by atoms with Crippen LogP contribution in [0.4, 0.5) is 4.39 Å². The first kappa shape index (κ1) is 18.1. The van der Waals surface area contributed by atoms with Crippen molar-refractivity contribution in [2.75, 3.05) is 13.6 Å². The summed E-state index contributed by atoms with van der Waals surface area (Å²) in [5.41, 5.74) is 2.88. The van der Waals surface area contributed by atoms with E-state index in [1.807, 2.05) is 24.3 Å². The molecule has 1 aliphatic rings. The predicted molar refractivity (Wildman–Crippen MR) is 98.5 cm³/mol. The minimum absolute atomic E-state index is 0.0462. The first-order chi connectivity index (χ1) is 12.4. The fourth-order valence-electron chi connectivity index (χ4n) is 3.26. The van der Waals surface area contributed by atoms with Gasteiger partial charge in [-0.15, -0.1) is 0 Å². The zero-order valence-corrected chi connectivity index (χ0v) is 15.1. The number of rotatable bonds is 4. The van der Waals surface area contributed by atoms with Crippen molar-refractivity contribution < 1.29 is 14.0 Å².